The lowest BCUT2D eigenvalue weighted by Gasteiger charge is -2.24. The van der Waals surface area contributed by atoms with Crippen LogP contribution in [0, 0.1) is 17.7 Å². The molecule has 1 aromatic heterocycles. The van der Waals surface area contributed by atoms with Gasteiger partial charge in [-0.2, -0.15) is 0 Å². The molecule has 174 valence electrons. The van der Waals surface area contributed by atoms with Crippen molar-refractivity contribution >= 4 is 17.6 Å². The summed E-state index contributed by atoms with van der Waals surface area (Å²) in [5.41, 5.74) is 6.58. The molecule has 0 bridgehead atoms. The molecular weight excluding hydrogens is 429 g/mol. The Balaban J connectivity index is 1.46. The molecule has 0 aliphatic heterocycles. The molecule has 1 heterocycles. The molecule has 1 saturated carbocycles. The number of carboxylic acids is 1. The average Bonchev–Trinajstić information content (AvgIpc) is 3.68. The summed E-state index contributed by atoms with van der Waals surface area (Å²) in [6.07, 6.45) is 7.50. The second kappa shape index (κ2) is 9.05. The maximum Gasteiger partial charge on any atom is 0.306 e. The summed E-state index contributed by atoms with van der Waals surface area (Å²) in [6.45, 7) is 1.81. The molecule has 2 aliphatic carbocycles. The first kappa shape index (κ1) is 22.3. The SMILES string of the molecule is COc1cc(-c2ccc(C3=Cc4cc([C@@H](C5CC5)[C@@H](C)C(=O)O)ccc4CC3)c(F)c2)ccn1. The minimum absolute atomic E-state index is 0.0231. The van der Waals surface area contributed by atoms with Gasteiger partial charge < -0.3 is 9.84 Å². The average molecular weight is 458 g/mol. The fourth-order valence-corrected chi connectivity index (χ4v) is 5.16. The van der Waals surface area contributed by atoms with E-state index in [4.69, 9.17) is 4.74 Å². The Labute approximate surface area is 199 Å². The first-order valence-corrected chi connectivity index (χ1v) is 11.8. The number of fused-ring (bicyclic) bond motifs is 1. The van der Waals surface area contributed by atoms with Crippen molar-refractivity contribution in [1.82, 2.24) is 4.98 Å². The van der Waals surface area contributed by atoms with E-state index in [1.165, 1.54) is 5.56 Å². The normalized spacial score (nSPS) is 16.9. The molecular formula is C29H28FNO3. The van der Waals surface area contributed by atoms with Crippen LogP contribution < -0.4 is 4.74 Å². The number of nitrogens with zero attached hydrogens (tertiary/aromatic N) is 1. The topological polar surface area (TPSA) is 59.4 Å². The number of methoxy groups -OCH3 is 1. The van der Waals surface area contributed by atoms with Crippen molar-refractivity contribution in [2.75, 3.05) is 7.11 Å². The molecule has 4 nitrogen and oxygen atoms in total. The highest BCUT2D eigenvalue weighted by molar-refractivity contribution is 5.85. The van der Waals surface area contributed by atoms with E-state index in [-0.39, 0.29) is 11.7 Å². The van der Waals surface area contributed by atoms with Gasteiger partial charge in [-0.15, -0.1) is 0 Å². The highest BCUT2D eigenvalue weighted by atomic mass is 19.1. The molecule has 5 rings (SSSR count). The van der Waals surface area contributed by atoms with Crippen LogP contribution in [0.25, 0.3) is 22.8 Å². The fraction of sp³-hybridized carbons (Fsp3) is 0.310. The van der Waals surface area contributed by atoms with Gasteiger partial charge in [0.1, 0.15) is 5.82 Å². The number of aryl methyl sites for hydroxylation is 1. The number of benzene rings is 2. The molecule has 2 atom stereocenters. The van der Waals surface area contributed by atoms with Gasteiger partial charge in [-0.1, -0.05) is 43.3 Å². The third kappa shape index (κ3) is 4.35. The van der Waals surface area contributed by atoms with Gasteiger partial charge >= 0.3 is 5.97 Å². The molecule has 3 aromatic rings. The van der Waals surface area contributed by atoms with Crippen LogP contribution in [0.5, 0.6) is 5.88 Å². The summed E-state index contributed by atoms with van der Waals surface area (Å²) in [5, 5.41) is 9.62. The van der Waals surface area contributed by atoms with Crippen LogP contribution in [-0.4, -0.2) is 23.2 Å². The van der Waals surface area contributed by atoms with E-state index in [0.717, 1.165) is 53.5 Å². The lowest BCUT2D eigenvalue weighted by molar-refractivity contribution is -0.142. The minimum Gasteiger partial charge on any atom is -0.481 e. The van der Waals surface area contributed by atoms with Gasteiger partial charge in [0.05, 0.1) is 13.0 Å². The quantitative estimate of drug-likeness (QED) is 0.434. The first-order valence-electron chi connectivity index (χ1n) is 11.8. The number of aliphatic carboxylic acids is 1. The van der Waals surface area contributed by atoms with E-state index in [1.54, 1.807) is 32.4 Å². The molecule has 0 amide bonds. The van der Waals surface area contributed by atoms with Crippen LogP contribution in [0.4, 0.5) is 4.39 Å². The second-order valence-electron chi connectivity index (χ2n) is 9.40. The maximum atomic E-state index is 15.2. The van der Waals surface area contributed by atoms with Crippen molar-refractivity contribution < 1.29 is 19.0 Å². The van der Waals surface area contributed by atoms with E-state index in [2.05, 4.69) is 29.3 Å². The standard InChI is InChI=1S/C29H28FNO3/c1-17(29(32)33)28(19-5-6-19)23-8-4-18-3-7-22(13-24(18)14-23)25-10-9-20(15-26(25)30)21-11-12-31-27(16-21)34-2/h4,8-17,19,28H,3,5-7H2,1-2H3,(H,32,33)/t17-,28-/m1/s1. The number of ether oxygens (including phenoxy) is 1. The van der Waals surface area contributed by atoms with Gasteiger partial charge in [-0.3, -0.25) is 4.79 Å². The molecule has 5 heteroatoms. The van der Waals surface area contributed by atoms with Gasteiger partial charge in [0.25, 0.3) is 0 Å². The molecule has 0 radical (unpaired) electrons. The van der Waals surface area contributed by atoms with E-state index >= 15 is 4.39 Å². The van der Waals surface area contributed by atoms with E-state index < -0.39 is 11.9 Å². The van der Waals surface area contributed by atoms with Crippen LogP contribution in [-0.2, 0) is 11.2 Å². The Morgan fingerprint density at radius 3 is 2.59 bits per heavy atom. The van der Waals surface area contributed by atoms with Crippen molar-refractivity contribution in [3.8, 4) is 17.0 Å². The number of allylic oxidation sites excluding steroid dienone is 1. The Hall–Kier alpha value is -3.47. The Bertz CT molecular complexity index is 1280. The monoisotopic (exact) mass is 457 g/mol. The number of halogens is 1. The Kier molecular flexibility index (Phi) is 5.94. The molecule has 1 N–H and O–H groups in total. The fourth-order valence-electron chi connectivity index (χ4n) is 5.16. The zero-order chi connectivity index (χ0) is 23.8. The number of aromatic nitrogens is 1. The smallest absolute Gasteiger partial charge is 0.306 e. The van der Waals surface area contributed by atoms with Crippen molar-refractivity contribution in [2.24, 2.45) is 11.8 Å². The highest BCUT2D eigenvalue weighted by Crippen LogP contribution is 2.47. The number of pyridine rings is 1. The summed E-state index contributed by atoms with van der Waals surface area (Å²) in [5.74, 6) is -0.474. The number of hydrogen-bond acceptors (Lipinski definition) is 3. The number of carbonyl (C=O) groups is 1. The summed E-state index contributed by atoms with van der Waals surface area (Å²) < 4.78 is 20.4. The van der Waals surface area contributed by atoms with Gasteiger partial charge in [0, 0.05) is 17.8 Å². The van der Waals surface area contributed by atoms with Gasteiger partial charge in [0.15, 0.2) is 0 Å². The van der Waals surface area contributed by atoms with E-state index in [0.29, 0.717) is 17.4 Å². The molecule has 1 fully saturated rings. The zero-order valence-corrected chi connectivity index (χ0v) is 19.4. The second-order valence-corrected chi connectivity index (χ2v) is 9.40. The largest absolute Gasteiger partial charge is 0.481 e. The Morgan fingerprint density at radius 2 is 1.88 bits per heavy atom. The molecule has 2 aliphatic rings. The number of carboxylic acid groups (broad SMARTS) is 1. The molecule has 2 aromatic carbocycles. The zero-order valence-electron chi connectivity index (χ0n) is 19.4. The van der Waals surface area contributed by atoms with Crippen LogP contribution in [0.2, 0.25) is 0 Å². The third-order valence-corrected chi connectivity index (χ3v) is 7.20. The van der Waals surface area contributed by atoms with Crippen molar-refractivity contribution in [3.05, 3.63) is 82.8 Å². The number of hydrogen-bond donors (Lipinski definition) is 1. The van der Waals surface area contributed by atoms with Crippen molar-refractivity contribution in [2.45, 2.75) is 38.5 Å². The lowest BCUT2D eigenvalue weighted by Crippen LogP contribution is -2.21. The molecule has 0 unspecified atom stereocenters. The Morgan fingerprint density at radius 1 is 1.09 bits per heavy atom. The summed E-state index contributed by atoms with van der Waals surface area (Å²) >= 11 is 0. The van der Waals surface area contributed by atoms with Gasteiger partial charge in [-0.05, 0) is 83.0 Å². The van der Waals surface area contributed by atoms with Crippen LogP contribution in [0.15, 0.2) is 54.7 Å². The summed E-state index contributed by atoms with van der Waals surface area (Å²) in [6, 6.07) is 15.3. The van der Waals surface area contributed by atoms with Crippen molar-refractivity contribution in [3.63, 3.8) is 0 Å². The van der Waals surface area contributed by atoms with E-state index in [9.17, 15) is 9.90 Å². The van der Waals surface area contributed by atoms with Crippen molar-refractivity contribution in [1.29, 1.82) is 0 Å². The predicted octanol–water partition coefficient (Wildman–Crippen LogP) is 6.60. The van der Waals surface area contributed by atoms with Crippen LogP contribution in [0.3, 0.4) is 0 Å². The highest BCUT2D eigenvalue weighted by Gasteiger charge is 2.38. The maximum absolute atomic E-state index is 15.2. The molecule has 0 saturated heterocycles. The van der Waals surface area contributed by atoms with Crippen LogP contribution in [0.1, 0.15) is 54.4 Å². The lowest BCUT2D eigenvalue weighted by atomic mass is 9.80. The summed E-state index contributed by atoms with van der Waals surface area (Å²) in [4.78, 5) is 15.8. The predicted molar refractivity (Wildman–Crippen MR) is 131 cm³/mol. The summed E-state index contributed by atoms with van der Waals surface area (Å²) in [7, 11) is 1.56. The van der Waals surface area contributed by atoms with E-state index in [1.807, 2.05) is 18.2 Å². The first-order chi connectivity index (χ1) is 16.4. The number of rotatable bonds is 7. The molecule has 34 heavy (non-hydrogen) atoms. The van der Waals surface area contributed by atoms with Gasteiger partial charge in [0.2, 0.25) is 5.88 Å². The van der Waals surface area contributed by atoms with Gasteiger partial charge in [-0.25, -0.2) is 9.37 Å². The van der Waals surface area contributed by atoms with Crippen LogP contribution >= 0.6 is 0 Å². The third-order valence-electron chi connectivity index (χ3n) is 7.20. The minimum atomic E-state index is -0.750. The molecule has 0 spiro atoms.